The zero-order valence-electron chi connectivity index (χ0n) is 21.0. The van der Waals surface area contributed by atoms with Crippen molar-refractivity contribution in [3.63, 3.8) is 0 Å². The van der Waals surface area contributed by atoms with E-state index < -0.39 is 23.4 Å². The molecule has 2 atom stereocenters. The van der Waals surface area contributed by atoms with Crippen LogP contribution in [0.2, 0.25) is 5.02 Å². The number of amides is 2. The first kappa shape index (κ1) is 26.6. The van der Waals surface area contributed by atoms with Crippen LogP contribution in [-0.4, -0.2) is 35.3 Å². The third-order valence-corrected chi connectivity index (χ3v) is 7.35. The number of halogens is 3. The fourth-order valence-corrected chi connectivity index (χ4v) is 5.16. The van der Waals surface area contributed by atoms with E-state index in [1.54, 1.807) is 41.3 Å². The smallest absolute Gasteiger partial charge is 0.287 e. The molecule has 200 valence electrons. The molecule has 0 aliphatic carbocycles. The fraction of sp³-hybridized carbons (Fsp3) is 0.233. The highest BCUT2D eigenvalue weighted by Crippen LogP contribution is 2.26. The molecule has 5 rings (SSSR count). The number of hydrogen-bond donors (Lipinski definition) is 1. The Morgan fingerprint density at radius 3 is 2.59 bits per heavy atom. The number of rotatable bonds is 5. The van der Waals surface area contributed by atoms with Gasteiger partial charge < -0.3 is 14.6 Å². The van der Waals surface area contributed by atoms with Crippen molar-refractivity contribution in [2.75, 3.05) is 6.54 Å². The third-order valence-electron chi connectivity index (χ3n) is 7.09. The highest BCUT2D eigenvalue weighted by Gasteiger charge is 2.34. The van der Waals surface area contributed by atoms with Crippen LogP contribution in [0.5, 0.6) is 0 Å². The first-order chi connectivity index (χ1) is 18.7. The molecule has 1 aromatic heterocycles. The molecule has 6 nitrogen and oxygen atoms in total. The van der Waals surface area contributed by atoms with Crippen molar-refractivity contribution in [3.8, 4) is 0 Å². The molecule has 2 amide bonds. The van der Waals surface area contributed by atoms with Crippen LogP contribution < -0.4 is 10.7 Å². The number of carbonyl (C=O) groups is 2. The van der Waals surface area contributed by atoms with Crippen LogP contribution in [0.15, 0.2) is 75.9 Å². The Labute approximate surface area is 228 Å². The van der Waals surface area contributed by atoms with Gasteiger partial charge in [-0.15, -0.1) is 0 Å². The number of nitrogens with one attached hydrogen (secondary N) is 1. The lowest BCUT2D eigenvalue weighted by Crippen LogP contribution is -2.53. The summed E-state index contributed by atoms with van der Waals surface area (Å²) in [7, 11) is 0. The van der Waals surface area contributed by atoms with Crippen molar-refractivity contribution in [1.29, 1.82) is 0 Å². The Bertz CT molecular complexity index is 1620. The first-order valence-electron chi connectivity index (χ1n) is 12.5. The topological polar surface area (TPSA) is 79.6 Å². The zero-order valence-corrected chi connectivity index (χ0v) is 21.8. The van der Waals surface area contributed by atoms with Gasteiger partial charge in [-0.05, 0) is 67.6 Å². The Balaban J connectivity index is 1.39. The van der Waals surface area contributed by atoms with Gasteiger partial charge in [0.25, 0.3) is 11.8 Å². The summed E-state index contributed by atoms with van der Waals surface area (Å²) >= 11 is 6.03. The quantitative estimate of drug-likeness (QED) is 0.347. The molecule has 9 heteroatoms. The van der Waals surface area contributed by atoms with E-state index >= 15 is 0 Å². The lowest BCUT2D eigenvalue weighted by molar-refractivity contribution is 0.0567. The molecule has 1 aliphatic heterocycles. The van der Waals surface area contributed by atoms with Crippen LogP contribution in [0.1, 0.15) is 44.9 Å². The molecule has 1 N–H and O–H groups in total. The van der Waals surface area contributed by atoms with Crippen LogP contribution in [0.3, 0.4) is 0 Å². The van der Waals surface area contributed by atoms with Crippen LogP contribution in [0.4, 0.5) is 8.78 Å². The van der Waals surface area contributed by atoms with Gasteiger partial charge >= 0.3 is 0 Å². The summed E-state index contributed by atoms with van der Waals surface area (Å²) in [4.78, 5) is 40.6. The lowest BCUT2D eigenvalue weighted by Gasteiger charge is -2.40. The van der Waals surface area contributed by atoms with Gasteiger partial charge in [0.15, 0.2) is 11.2 Å². The summed E-state index contributed by atoms with van der Waals surface area (Å²) in [6.07, 6.45) is 1.23. The molecule has 1 saturated heterocycles. The van der Waals surface area contributed by atoms with Gasteiger partial charge in [-0.2, -0.15) is 0 Å². The fourth-order valence-electron chi connectivity index (χ4n) is 5.03. The molecular formula is C30H25ClF2N2O4. The molecule has 0 radical (unpaired) electrons. The van der Waals surface area contributed by atoms with Crippen molar-refractivity contribution in [2.24, 2.45) is 0 Å². The Kier molecular flexibility index (Phi) is 7.48. The molecule has 2 heterocycles. The van der Waals surface area contributed by atoms with E-state index in [1.165, 1.54) is 13.0 Å². The van der Waals surface area contributed by atoms with Gasteiger partial charge in [0.2, 0.25) is 0 Å². The van der Waals surface area contributed by atoms with Crippen molar-refractivity contribution >= 4 is 34.4 Å². The maximum atomic E-state index is 14.2. The minimum Gasteiger partial charge on any atom is -0.451 e. The average molecular weight is 551 g/mol. The number of para-hydroxylation sites is 1. The Hall–Kier alpha value is -4.04. The van der Waals surface area contributed by atoms with E-state index in [0.717, 1.165) is 17.7 Å². The van der Waals surface area contributed by atoms with E-state index in [-0.39, 0.29) is 40.9 Å². The maximum Gasteiger partial charge on any atom is 0.287 e. The summed E-state index contributed by atoms with van der Waals surface area (Å²) in [6.45, 7) is 1.70. The molecule has 39 heavy (non-hydrogen) atoms. The number of piperidine rings is 1. The van der Waals surface area contributed by atoms with E-state index in [4.69, 9.17) is 16.0 Å². The van der Waals surface area contributed by atoms with E-state index in [9.17, 15) is 23.2 Å². The van der Waals surface area contributed by atoms with Crippen LogP contribution in [0.25, 0.3) is 11.0 Å². The molecule has 0 unspecified atom stereocenters. The van der Waals surface area contributed by atoms with Gasteiger partial charge in [-0.3, -0.25) is 14.4 Å². The molecule has 3 aromatic carbocycles. The summed E-state index contributed by atoms with van der Waals surface area (Å²) < 4.78 is 33.9. The second-order valence-electron chi connectivity index (χ2n) is 9.71. The van der Waals surface area contributed by atoms with Crippen molar-refractivity contribution in [2.45, 2.75) is 38.3 Å². The molecule has 0 bridgehead atoms. The van der Waals surface area contributed by atoms with Crippen molar-refractivity contribution < 1.29 is 22.8 Å². The predicted molar refractivity (Wildman–Crippen MR) is 144 cm³/mol. The second kappa shape index (κ2) is 11.0. The lowest BCUT2D eigenvalue weighted by atomic mass is 9.91. The molecule has 0 saturated carbocycles. The summed E-state index contributed by atoms with van der Waals surface area (Å²) in [5.41, 5.74) is 0.953. The average Bonchev–Trinajstić information content (AvgIpc) is 2.92. The minimum absolute atomic E-state index is 0.0333. The summed E-state index contributed by atoms with van der Waals surface area (Å²) in [6, 6.07) is 16.1. The van der Waals surface area contributed by atoms with Gasteiger partial charge in [0, 0.05) is 41.3 Å². The number of likely N-dealkylation sites (tertiary alicyclic amines) is 1. The normalized spacial score (nSPS) is 17.3. The summed E-state index contributed by atoms with van der Waals surface area (Å²) in [5, 5.41) is 3.88. The maximum absolute atomic E-state index is 14.2. The van der Waals surface area contributed by atoms with Gasteiger partial charge in [0.05, 0.1) is 5.39 Å². The molecule has 0 spiro atoms. The van der Waals surface area contributed by atoms with Gasteiger partial charge in [-0.1, -0.05) is 35.9 Å². The van der Waals surface area contributed by atoms with E-state index in [0.29, 0.717) is 35.3 Å². The SMILES string of the molecule is Cc1c(F)cc(F)cc1C(=O)N1CC[C@H](NC(=O)c2cc(=O)c3ccccc3o2)C[C@H]1Cc1ccc(Cl)cc1. The molecule has 4 aromatic rings. The zero-order chi connectivity index (χ0) is 27.7. The van der Waals surface area contributed by atoms with Crippen LogP contribution in [0, 0.1) is 18.6 Å². The minimum atomic E-state index is -0.824. The molecular weight excluding hydrogens is 526 g/mol. The monoisotopic (exact) mass is 550 g/mol. The van der Waals surface area contributed by atoms with Crippen LogP contribution in [-0.2, 0) is 6.42 Å². The standard InChI is InChI=1S/C30H25ClF2N2O4/c1-17-24(13-20(32)14-25(17)33)30(38)35-11-10-21(15-22(35)12-18-6-8-19(31)9-7-18)34-29(37)28-16-26(36)23-4-2-3-5-27(23)39-28/h2-9,13-14,16,21-22H,10-12,15H2,1H3,(H,34,37)/t21-,22+/m0/s1. The van der Waals surface area contributed by atoms with Crippen LogP contribution >= 0.6 is 11.6 Å². The van der Waals surface area contributed by atoms with Crippen molar-refractivity contribution in [3.05, 3.63) is 116 Å². The summed E-state index contributed by atoms with van der Waals surface area (Å²) in [5.74, 6) is -2.72. The number of benzene rings is 3. The highest BCUT2D eigenvalue weighted by atomic mass is 35.5. The Morgan fingerprint density at radius 2 is 1.82 bits per heavy atom. The van der Waals surface area contributed by atoms with Gasteiger partial charge in [0.1, 0.15) is 17.2 Å². The number of nitrogens with zero attached hydrogens (tertiary/aromatic N) is 1. The van der Waals surface area contributed by atoms with Crippen molar-refractivity contribution in [1.82, 2.24) is 10.2 Å². The second-order valence-corrected chi connectivity index (χ2v) is 10.1. The third kappa shape index (κ3) is 5.71. The Morgan fingerprint density at radius 1 is 1.08 bits per heavy atom. The van der Waals surface area contributed by atoms with E-state index in [2.05, 4.69) is 5.32 Å². The molecule has 1 aliphatic rings. The number of hydrogen-bond acceptors (Lipinski definition) is 4. The number of fused-ring (bicyclic) bond motifs is 1. The van der Waals surface area contributed by atoms with Gasteiger partial charge in [-0.25, -0.2) is 8.78 Å². The molecule has 1 fully saturated rings. The van der Waals surface area contributed by atoms with E-state index in [1.807, 2.05) is 12.1 Å². The highest BCUT2D eigenvalue weighted by molar-refractivity contribution is 6.30. The number of carbonyl (C=O) groups excluding carboxylic acids is 2. The first-order valence-corrected chi connectivity index (χ1v) is 12.9. The predicted octanol–water partition coefficient (Wildman–Crippen LogP) is 5.68. The largest absolute Gasteiger partial charge is 0.451 e.